The molecule has 0 atom stereocenters. The van der Waals surface area contributed by atoms with Crippen LogP contribution in [0.5, 0.6) is 0 Å². The van der Waals surface area contributed by atoms with Crippen molar-refractivity contribution in [3.63, 3.8) is 0 Å². The topological polar surface area (TPSA) is 4.93 Å². The SMILES string of the molecule is Cc1c(C)n(-c2cc3ccccc3[cH-]2)c2ccccc12.[Cl-].[Cl-].[Hf+4].c1ccc2[cH-]ccc2c1. The third-order valence-electron chi connectivity index (χ3n) is 5.84. The zero-order chi connectivity index (χ0) is 19.8. The summed E-state index contributed by atoms with van der Waals surface area (Å²) in [5.41, 5.74) is 5.23. The van der Waals surface area contributed by atoms with Gasteiger partial charge in [-0.1, -0.05) is 30.3 Å². The predicted molar refractivity (Wildman–Crippen MR) is 125 cm³/mol. The standard InChI is InChI=1S/C19H16N.C9H7.2ClH.Hf/c1-13-14(2)20(19-10-6-5-9-18(13)19)17-11-15-7-3-4-8-16(15)12-17;1-2-5-9-7-3-6-8(9)4-1;;;/h3-12H,1-2H3;1-7H;2*1H;/q2*-1;;;+4/p-2. The van der Waals surface area contributed by atoms with E-state index in [0.29, 0.717) is 0 Å². The number of hydrogen-bond acceptors (Lipinski definition) is 0. The van der Waals surface area contributed by atoms with Gasteiger partial charge in [0.2, 0.25) is 0 Å². The second-order valence-electron chi connectivity index (χ2n) is 7.56. The van der Waals surface area contributed by atoms with Crippen LogP contribution in [-0.4, -0.2) is 4.57 Å². The molecule has 0 aliphatic carbocycles. The van der Waals surface area contributed by atoms with Gasteiger partial charge in [0, 0.05) is 11.1 Å². The Kier molecular flexibility index (Phi) is 9.09. The van der Waals surface area contributed by atoms with Crippen LogP contribution in [0.4, 0.5) is 0 Å². The fraction of sp³-hybridized carbons (Fsp3) is 0.0714. The van der Waals surface area contributed by atoms with Gasteiger partial charge in [-0.3, -0.25) is 0 Å². The molecule has 6 rings (SSSR count). The number of rotatable bonds is 1. The number of aryl methyl sites for hydroxylation is 1. The molecule has 0 unspecified atom stereocenters. The summed E-state index contributed by atoms with van der Waals surface area (Å²) in [6.45, 7) is 4.41. The second kappa shape index (κ2) is 11.1. The van der Waals surface area contributed by atoms with Crippen molar-refractivity contribution in [1.29, 1.82) is 0 Å². The molecule has 0 N–H and O–H groups in total. The first kappa shape index (κ1) is 26.1. The maximum absolute atomic E-state index is 2.37. The molecule has 32 heavy (non-hydrogen) atoms. The Balaban J connectivity index is 0.000000259. The van der Waals surface area contributed by atoms with Gasteiger partial charge in [-0.05, 0) is 31.2 Å². The van der Waals surface area contributed by atoms with Crippen LogP contribution >= 0.6 is 0 Å². The Morgan fingerprint density at radius 2 is 1.31 bits per heavy atom. The second-order valence-corrected chi connectivity index (χ2v) is 7.56. The van der Waals surface area contributed by atoms with Crippen LogP contribution in [0.25, 0.3) is 38.1 Å². The first-order valence-corrected chi connectivity index (χ1v) is 10.1. The minimum Gasteiger partial charge on any atom is -1.00 e. The average Bonchev–Trinajstić information content (AvgIpc) is 3.45. The summed E-state index contributed by atoms with van der Waals surface area (Å²) < 4.78 is 2.37. The molecule has 0 fully saturated rings. The van der Waals surface area contributed by atoms with E-state index in [2.05, 4.69) is 122 Å². The minimum atomic E-state index is 0. The van der Waals surface area contributed by atoms with Crippen molar-refractivity contribution in [2.75, 3.05) is 0 Å². The Labute approximate surface area is 220 Å². The van der Waals surface area contributed by atoms with Gasteiger partial charge in [-0.15, -0.1) is 70.8 Å². The largest absolute Gasteiger partial charge is 4.00 e. The third kappa shape index (κ3) is 4.78. The van der Waals surface area contributed by atoms with Gasteiger partial charge < -0.3 is 29.4 Å². The number of benzene rings is 3. The van der Waals surface area contributed by atoms with Gasteiger partial charge in [-0.2, -0.15) is 17.5 Å². The van der Waals surface area contributed by atoms with E-state index < -0.39 is 0 Å². The molecule has 0 amide bonds. The van der Waals surface area contributed by atoms with Crippen molar-refractivity contribution >= 4 is 32.4 Å². The van der Waals surface area contributed by atoms with Crippen molar-refractivity contribution in [2.45, 2.75) is 13.8 Å². The van der Waals surface area contributed by atoms with E-state index in [9.17, 15) is 0 Å². The van der Waals surface area contributed by atoms with Gasteiger partial charge in [0.15, 0.2) is 0 Å². The van der Waals surface area contributed by atoms with Crippen LogP contribution in [0.2, 0.25) is 0 Å². The van der Waals surface area contributed by atoms with Crippen molar-refractivity contribution in [3.8, 4) is 5.69 Å². The number of nitrogens with zero attached hydrogens (tertiary/aromatic N) is 1. The first-order valence-electron chi connectivity index (χ1n) is 10.1. The van der Waals surface area contributed by atoms with Crippen LogP contribution in [0.15, 0.2) is 103 Å². The van der Waals surface area contributed by atoms with E-state index >= 15 is 0 Å². The average molecular weight is 623 g/mol. The maximum atomic E-state index is 2.37. The van der Waals surface area contributed by atoms with E-state index in [1.165, 1.54) is 49.4 Å². The Bertz CT molecular complexity index is 1370. The van der Waals surface area contributed by atoms with Crippen molar-refractivity contribution in [1.82, 2.24) is 4.57 Å². The van der Waals surface area contributed by atoms with E-state index in [-0.39, 0.29) is 50.7 Å². The Morgan fingerprint density at radius 1 is 0.688 bits per heavy atom. The van der Waals surface area contributed by atoms with E-state index in [0.717, 1.165) is 0 Å². The van der Waals surface area contributed by atoms with Crippen LogP contribution in [0, 0.1) is 13.8 Å². The summed E-state index contributed by atoms with van der Waals surface area (Å²) >= 11 is 0. The molecular formula is C28H23Cl2HfN. The summed E-state index contributed by atoms with van der Waals surface area (Å²) in [7, 11) is 0. The molecule has 0 bridgehead atoms. The summed E-state index contributed by atoms with van der Waals surface area (Å²) in [6, 6.07) is 36.4. The number of hydrogen-bond donors (Lipinski definition) is 0. The molecule has 1 nitrogen and oxygen atoms in total. The molecule has 0 saturated carbocycles. The molecule has 0 aliphatic rings. The molecule has 158 valence electrons. The number of aromatic nitrogens is 1. The van der Waals surface area contributed by atoms with Gasteiger partial charge in [0.25, 0.3) is 0 Å². The van der Waals surface area contributed by atoms with Crippen LogP contribution < -0.4 is 24.8 Å². The van der Waals surface area contributed by atoms with E-state index in [1.807, 2.05) is 0 Å². The molecule has 0 radical (unpaired) electrons. The zero-order valence-corrected chi connectivity index (χ0v) is 23.1. The van der Waals surface area contributed by atoms with Crippen molar-refractivity contribution < 1.29 is 50.7 Å². The minimum absolute atomic E-state index is 0. The monoisotopic (exact) mass is 623 g/mol. The van der Waals surface area contributed by atoms with E-state index in [1.54, 1.807) is 0 Å². The number of para-hydroxylation sites is 1. The molecule has 0 saturated heterocycles. The van der Waals surface area contributed by atoms with Crippen molar-refractivity contribution in [2.24, 2.45) is 0 Å². The maximum Gasteiger partial charge on any atom is 4.00 e. The zero-order valence-electron chi connectivity index (χ0n) is 18.0. The molecule has 1 heterocycles. The normalized spacial score (nSPS) is 10.1. The summed E-state index contributed by atoms with van der Waals surface area (Å²) in [5.74, 6) is 0. The smallest absolute Gasteiger partial charge is 1.00 e. The number of fused-ring (bicyclic) bond motifs is 3. The fourth-order valence-electron chi connectivity index (χ4n) is 4.19. The Morgan fingerprint density at radius 3 is 2.03 bits per heavy atom. The van der Waals surface area contributed by atoms with Gasteiger partial charge in [-0.25, -0.2) is 0 Å². The molecule has 6 aromatic rings. The van der Waals surface area contributed by atoms with Gasteiger partial charge >= 0.3 is 25.8 Å². The predicted octanol–water partition coefficient (Wildman–Crippen LogP) is 1.68. The quantitative estimate of drug-likeness (QED) is 0.194. The Hall–Kier alpha value is -2.13. The molecule has 0 aliphatic heterocycles. The molecule has 0 spiro atoms. The van der Waals surface area contributed by atoms with Crippen molar-refractivity contribution in [3.05, 3.63) is 114 Å². The third-order valence-corrected chi connectivity index (χ3v) is 5.84. The summed E-state index contributed by atoms with van der Waals surface area (Å²) in [6.07, 6.45) is 0. The molecular weight excluding hydrogens is 600 g/mol. The van der Waals surface area contributed by atoms with Gasteiger partial charge in [0.1, 0.15) is 0 Å². The molecule has 5 aromatic carbocycles. The molecule has 1 aromatic heterocycles. The first-order chi connectivity index (χ1) is 14.2. The van der Waals surface area contributed by atoms with E-state index in [4.69, 9.17) is 0 Å². The van der Waals surface area contributed by atoms with Gasteiger partial charge in [0.05, 0.1) is 5.52 Å². The summed E-state index contributed by atoms with van der Waals surface area (Å²) in [4.78, 5) is 0. The summed E-state index contributed by atoms with van der Waals surface area (Å²) in [5, 5.41) is 6.61. The van der Waals surface area contributed by atoms with Crippen LogP contribution in [-0.2, 0) is 25.8 Å². The van der Waals surface area contributed by atoms with Crippen LogP contribution in [0.1, 0.15) is 11.3 Å². The fourth-order valence-corrected chi connectivity index (χ4v) is 4.19. The van der Waals surface area contributed by atoms with Crippen LogP contribution in [0.3, 0.4) is 0 Å². The molecule has 4 heteroatoms. The number of halogens is 2.